The van der Waals surface area contributed by atoms with Gasteiger partial charge in [0.15, 0.2) is 0 Å². The fraction of sp³-hybridized carbons (Fsp3) is 0.357. The van der Waals surface area contributed by atoms with Crippen LogP contribution in [0.5, 0.6) is 0 Å². The SMILES string of the molecule is CC(=O)N(CC1CCN(c2ccncc2)CC1)c1ccccc1CNC(C)c1ccc(Cl)cc1. The topological polar surface area (TPSA) is 48.5 Å². The lowest BCUT2D eigenvalue weighted by Gasteiger charge is -2.36. The van der Waals surface area contributed by atoms with Crippen molar-refractivity contribution in [1.29, 1.82) is 0 Å². The van der Waals surface area contributed by atoms with E-state index in [4.69, 9.17) is 11.6 Å². The number of carbonyl (C=O) groups is 1. The highest BCUT2D eigenvalue weighted by molar-refractivity contribution is 6.30. The Kier molecular flexibility index (Phi) is 8.20. The van der Waals surface area contributed by atoms with Crippen LogP contribution < -0.4 is 15.1 Å². The highest BCUT2D eigenvalue weighted by Gasteiger charge is 2.24. The van der Waals surface area contributed by atoms with Crippen LogP contribution in [0.25, 0.3) is 0 Å². The van der Waals surface area contributed by atoms with Gasteiger partial charge in [0.05, 0.1) is 0 Å². The number of hydrogen-bond acceptors (Lipinski definition) is 4. The predicted molar refractivity (Wildman–Crippen MR) is 140 cm³/mol. The van der Waals surface area contributed by atoms with Crippen LogP contribution in [-0.2, 0) is 11.3 Å². The monoisotopic (exact) mass is 476 g/mol. The molecule has 2 aromatic carbocycles. The van der Waals surface area contributed by atoms with Gasteiger partial charge in [-0.25, -0.2) is 0 Å². The van der Waals surface area contributed by atoms with Crippen LogP contribution in [0.15, 0.2) is 73.1 Å². The first-order valence-electron chi connectivity index (χ1n) is 12.0. The highest BCUT2D eigenvalue weighted by atomic mass is 35.5. The van der Waals surface area contributed by atoms with E-state index in [-0.39, 0.29) is 11.9 Å². The number of rotatable bonds is 8. The quantitative estimate of drug-likeness (QED) is 0.442. The molecule has 178 valence electrons. The molecule has 0 bridgehead atoms. The van der Waals surface area contributed by atoms with Gasteiger partial charge in [-0.05, 0) is 67.1 Å². The van der Waals surface area contributed by atoms with Crippen molar-refractivity contribution in [2.24, 2.45) is 5.92 Å². The molecular formula is C28H33ClN4O. The molecule has 1 aliphatic heterocycles. The van der Waals surface area contributed by atoms with E-state index < -0.39 is 0 Å². The first kappa shape index (κ1) is 24.2. The van der Waals surface area contributed by atoms with E-state index in [2.05, 4.69) is 46.4 Å². The van der Waals surface area contributed by atoms with Gasteiger partial charge in [0.2, 0.25) is 5.91 Å². The van der Waals surface area contributed by atoms with Crippen molar-refractivity contribution in [1.82, 2.24) is 10.3 Å². The second-order valence-electron chi connectivity index (χ2n) is 9.05. The van der Waals surface area contributed by atoms with Crippen molar-refractivity contribution < 1.29 is 4.79 Å². The first-order chi connectivity index (χ1) is 16.5. The summed E-state index contributed by atoms with van der Waals surface area (Å²) in [7, 11) is 0. The van der Waals surface area contributed by atoms with Crippen molar-refractivity contribution in [2.45, 2.75) is 39.3 Å². The maximum absolute atomic E-state index is 12.7. The highest BCUT2D eigenvalue weighted by Crippen LogP contribution is 2.28. The fourth-order valence-electron chi connectivity index (χ4n) is 4.64. The van der Waals surface area contributed by atoms with Crippen LogP contribution >= 0.6 is 11.6 Å². The first-order valence-corrected chi connectivity index (χ1v) is 12.4. The minimum atomic E-state index is 0.0924. The number of amides is 1. The van der Waals surface area contributed by atoms with Crippen LogP contribution in [0.4, 0.5) is 11.4 Å². The van der Waals surface area contributed by atoms with Crippen LogP contribution in [0, 0.1) is 5.92 Å². The number of hydrogen-bond donors (Lipinski definition) is 1. The largest absolute Gasteiger partial charge is 0.371 e. The van der Waals surface area contributed by atoms with Gasteiger partial charge >= 0.3 is 0 Å². The third-order valence-electron chi connectivity index (χ3n) is 6.71. The van der Waals surface area contributed by atoms with Crippen molar-refractivity contribution >= 4 is 28.9 Å². The molecule has 1 atom stereocenters. The van der Waals surface area contributed by atoms with Crippen molar-refractivity contribution in [3.63, 3.8) is 0 Å². The molecule has 1 aliphatic rings. The summed E-state index contributed by atoms with van der Waals surface area (Å²) in [5.74, 6) is 0.575. The van der Waals surface area contributed by atoms with Gasteiger partial charge in [-0.1, -0.05) is 41.9 Å². The molecule has 5 nitrogen and oxygen atoms in total. The summed E-state index contributed by atoms with van der Waals surface area (Å²) in [6.07, 6.45) is 5.83. The van der Waals surface area contributed by atoms with Crippen LogP contribution in [0.1, 0.15) is 43.9 Å². The van der Waals surface area contributed by atoms with Gasteiger partial charge in [-0.2, -0.15) is 0 Å². The summed E-state index contributed by atoms with van der Waals surface area (Å²) in [4.78, 5) is 21.2. The summed E-state index contributed by atoms with van der Waals surface area (Å²) in [6.45, 7) is 7.26. The third kappa shape index (κ3) is 6.16. The minimum Gasteiger partial charge on any atom is -0.371 e. The Morgan fingerprint density at radius 3 is 2.44 bits per heavy atom. The molecule has 2 heterocycles. The number of anilines is 2. The Bertz CT molecular complexity index is 1070. The Balaban J connectivity index is 1.40. The van der Waals surface area contributed by atoms with E-state index in [9.17, 15) is 4.79 Å². The van der Waals surface area contributed by atoms with E-state index in [1.165, 1.54) is 11.3 Å². The van der Waals surface area contributed by atoms with Gasteiger partial charge in [0.1, 0.15) is 0 Å². The molecule has 0 saturated carbocycles. The summed E-state index contributed by atoms with van der Waals surface area (Å²) < 4.78 is 0. The Morgan fingerprint density at radius 1 is 1.09 bits per heavy atom. The zero-order valence-electron chi connectivity index (χ0n) is 20.0. The number of halogens is 1. The number of piperidine rings is 1. The van der Waals surface area contributed by atoms with Gasteiger partial charge in [0, 0.05) is 67.9 Å². The predicted octanol–water partition coefficient (Wildman–Crippen LogP) is 5.86. The minimum absolute atomic E-state index is 0.0924. The van der Waals surface area contributed by atoms with E-state index >= 15 is 0 Å². The summed E-state index contributed by atoms with van der Waals surface area (Å²) in [6, 6.07) is 20.5. The number of para-hydroxylation sites is 1. The third-order valence-corrected chi connectivity index (χ3v) is 6.97. The maximum Gasteiger partial charge on any atom is 0.223 e. The van der Waals surface area contributed by atoms with Crippen molar-refractivity contribution in [2.75, 3.05) is 29.4 Å². The van der Waals surface area contributed by atoms with Gasteiger partial charge < -0.3 is 15.1 Å². The van der Waals surface area contributed by atoms with Gasteiger partial charge in [-0.15, -0.1) is 0 Å². The molecule has 1 amide bonds. The Morgan fingerprint density at radius 2 is 1.76 bits per heavy atom. The molecular weight excluding hydrogens is 444 g/mol. The standard InChI is InChI=1S/C28H33ClN4O/c1-21(24-7-9-26(29)10-8-24)31-19-25-5-3-4-6-28(25)33(22(2)34)20-23-13-17-32(18-14-23)27-11-15-30-16-12-27/h3-12,15-16,21,23,31H,13-14,17-20H2,1-2H3. The lowest BCUT2D eigenvalue weighted by atomic mass is 9.95. The summed E-state index contributed by atoms with van der Waals surface area (Å²) in [5.41, 5.74) is 4.55. The molecule has 1 aromatic heterocycles. The fourth-order valence-corrected chi connectivity index (χ4v) is 4.77. The van der Waals surface area contributed by atoms with E-state index in [1.54, 1.807) is 6.92 Å². The van der Waals surface area contributed by atoms with E-state index in [1.807, 2.05) is 53.7 Å². The molecule has 0 aliphatic carbocycles. The smallest absolute Gasteiger partial charge is 0.223 e. The number of pyridine rings is 1. The zero-order valence-corrected chi connectivity index (χ0v) is 20.7. The summed E-state index contributed by atoms with van der Waals surface area (Å²) >= 11 is 6.03. The number of aromatic nitrogens is 1. The Labute approximate surface area is 207 Å². The molecule has 0 radical (unpaired) electrons. The molecule has 34 heavy (non-hydrogen) atoms. The number of nitrogens with one attached hydrogen (secondary N) is 1. The Hall–Kier alpha value is -2.89. The summed E-state index contributed by atoms with van der Waals surface area (Å²) in [5, 5.41) is 4.34. The normalized spacial score (nSPS) is 15.2. The van der Waals surface area contributed by atoms with Crippen LogP contribution in [0.2, 0.25) is 5.02 Å². The number of benzene rings is 2. The van der Waals surface area contributed by atoms with Gasteiger partial charge in [0.25, 0.3) is 0 Å². The van der Waals surface area contributed by atoms with Crippen molar-refractivity contribution in [3.8, 4) is 0 Å². The second kappa shape index (κ2) is 11.5. The van der Waals surface area contributed by atoms with Crippen molar-refractivity contribution in [3.05, 3.63) is 89.2 Å². The van der Waals surface area contributed by atoms with E-state index in [0.717, 1.165) is 48.7 Å². The molecule has 4 rings (SSSR count). The van der Waals surface area contributed by atoms with Crippen LogP contribution in [-0.4, -0.2) is 30.5 Å². The zero-order chi connectivity index (χ0) is 23.9. The lowest BCUT2D eigenvalue weighted by molar-refractivity contribution is -0.116. The second-order valence-corrected chi connectivity index (χ2v) is 9.48. The van der Waals surface area contributed by atoms with Crippen LogP contribution in [0.3, 0.4) is 0 Å². The molecule has 3 aromatic rings. The lowest BCUT2D eigenvalue weighted by Crippen LogP contribution is -2.41. The molecule has 1 N–H and O–H groups in total. The molecule has 0 spiro atoms. The van der Waals surface area contributed by atoms with Gasteiger partial charge in [-0.3, -0.25) is 9.78 Å². The number of nitrogens with zero attached hydrogens (tertiary/aromatic N) is 3. The molecule has 1 unspecified atom stereocenters. The molecule has 1 fully saturated rings. The molecule has 6 heteroatoms. The van der Waals surface area contributed by atoms with E-state index in [0.29, 0.717) is 12.5 Å². The molecule has 1 saturated heterocycles. The maximum atomic E-state index is 12.7. The average Bonchev–Trinajstić information content (AvgIpc) is 2.87. The number of carbonyl (C=O) groups excluding carboxylic acids is 1. The average molecular weight is 477 g/mol.